The number of methoxy groups -OCH3 is 1. The summed E-state index contributed by atoms with van der Waals surface area (Å²) in [5.74, 6) is 4.91. The molecule has 0 aromatic heterocycles. The first-order valence-electron chi connectivity index (χ1n) is 9.24. The van der Waals surface area contributed by atoms with E-state index in [-0.39, 0.29) is 11.5 Å². The second-order valence-corrected chi connectivity index (χ2v) is 9.43. The Labute approximate surface area is 175 Å². The van der Waals surface area contributed by atoms with E-state index in [1.54, 1.807) is 54.6 Å². The van der Waals surface area contributed by atoms with Crippen molar-refractivity contribution in [1.82, 2.24) is 16.2 Å². The van der Waals surface area contributed by atoms with E-state index in [0.717, 1.165) is 0 Å². The zero-order chi connectivity index (χ0) is 21.5. The van der Waals surface area contributed by atoms with Crippen LogP contribution in [0.1, 0.15) is 11.1 Å². The van der Waals surface area contributed by atoms with Crippen molar-refractivity contribution < 1.29 is 19.2 Å². The molecule has 8 heteroatoms. The number of fused-ring (bicyclic) bond motifs is 1. The minimum Gasteiger partial charge on any atom is -0.507 e. The van der Waals surface area contributed by atoms with Crippen LogP contribution in [0.25, 0.3) is 11.8 Å². The molecule has 0 amide bonds. The van der Waals surface area contributed by atoms with Crippen molar-refractivity contribution in [2.75, 3.05) is 7.11 Å². The zero-order valence-electron chi connectivity index (χ0n) is 16.4. The van der Waals surface area contributed by atoms with Crippen LogP contribution >= 0.6 is 0 Å². The summed E-state index contributed by atoms with van der Waals surface area (Å²) >= 11 is 0. The van der Waals surface area contributed by atoms with Crippen LogP contribution in [0.4, 0.5) is 0 Å². The molecular weight excluding hydrogens is 402 g/mol. The van der Waals surface area contributed by atoms with Gasteiger partial charge in [-0.3, -0.25) is 4.21 Å². The SMILES string of the molecule is C=C1NNC(C2=C(O)c3ccccc3S(=C)(=O)C2/C=C/c2cccc(OC)c2O)N1. The van der Waals surface area contributed by atoms with E-state index in [1.165, 1.54) is 7.11 Å². The number of aromatic hydroxyl groups is 1. The molecule has 3 unspecified atom stereocenters. The Hall–Kier alpha value is -3.36. The maximum atomic E-state index is 13.9. The van der Waals surface area contributed by atoms with Crippen LogP contribution in [0.3, 0.4) is 0 Å². The van der Waals surface area contributed by atoms with Crippen LogP contribution in [0, 0.1) is 0 Å². The van der Waals surface area contributed by atoms with Crippen LogP contribution in [-0.2, 0) is 9.52 Å². The fourth-order valence-electron chi connectivity index (χ4n) is 3.72. The molecule has 156 valence electrons. The van der Waals surface area contributed by atoms with Crippen molar-refractivity contribution in [3.8, 4) is 11.5 Å². The summed E-state index contributed by atoms with van der Waals surface area (Å²) in [7, 11) is -1.40. The summed E-state index contributed by atoms with van der Waals surface area (Å²) in [4.78, 5) is 0.487. The highest BCUT2D eigenvalue weighted by Gasteiger charge is 2.39. The summed E-state index contributed by atoms with van der Waals surface area (Å²) in [5.41, 5.74) is 7.32. The van der Waals surface area contributed by atoms with Crippen LogP contribution < -0.4 is 20.9 Å². The maximum Gasteiger partial charge on any atom is 0.165 e. The minimum atomic E-state index is -2.87. The van der Waals surface area contributed by atoms with Crippen molar-refractivity contribution in [2.45, 2.75) is 16.3 Å². The normalized spacial score (nSPS) is 25.7. The number of nitrogens with one attached hydrogen (secondary N) is 3. The van der Waals surface area contributed by atoms with Gasteiger partial charge in [0.15, 0.2) is 11.5 Å². The Kier molecular flexibility index (Phi) is 4.97. The van der Waals surface area contributed by atoms with E-state index in [0.29, 0.717) is 33.2 Å². The highest BCUT2D eigenvalue weighted by Crippen LogP contribution is 2.39. The smallest absolute Gasteiger partial charge is 0.165 e. The van der Waals surface area contributed by atoms with Crippen molar-refractivity contribution in [3.05, 3.63) is 77.6 Å². The third-order valence-corrected chi connectivity index (χ3v) is 7.53. The number of phenolic OH excluding ortho intramolecular Hbond substituents is 1. The Morgan fingerprint density at radius 3 is 2.63 bits per heavy atom. The number of aliphatic hydroxyl groups is 1. The molecule has 2 aliphatic heterocycles. The molecule has 3 atom stereocenters. The Morgan fingerprint density at radius 1 is 1.17 bits per heavy atom. The fraction of sp³-hybridized carbons (Fsp3) is 0.136. The topological polar surface area (TPSA) is 103 Å². The minimum absolute atomic E-state index is 0.0232. The van der Waals surface area contributed by atoms with Gasteiger partial charge >= 0.3 is 0 Å². The van der Waals surface area contributed by atoms with Gasteiger partial charge in [-0.15, -0.1) is 0 Å². The van der Waals surface area contributed by atoms with Crippen molar-refractivity contribution >= 4 is 27.2 Å². The standard InChI is InChI=1S/C22H23N3O4S/c1-13-23-22(25-24-13)19-18(12-11-14-7-6-9-16(29-2)20(14)26)30(3,28)17-10-5-4-8-15(17)21(19)27/h4-12,18,22-27H,1,3H2,2H3/b12-11+. The Morgan fingerprint density at radius 2 is 1.93 bits per heavy atom. The average Bonchev–Trinajstić information content (AvgIpc) is 3.16. The number of ether oxygens (including phenoxy) is 1. The molecule has 0 spiro atoms. The molecule has 2 aromatic carbocycles. The predicted octanol–water partition coefficient (Wildman–Crippen LogP) is 2.34. The lowest BCUT2D eigenvalue weighted by Gasteiger charge is -2.32. The first kappa shape index (κ1) is 19.9. The number of aliphatic hydroxyl groups excluding tert-OH is 1. The van der Waals surface area contributed by atoms with Crippen molar-refractivity contribution in [2.24, 2.45) is 0 Å². The van der Waals surface area contributed by atoms with Crippen molar-refractivity contribution in [3.63, 3.8) is 0 Å². The lowest BCUT2D eigenvalue weighted by Crippen LogP contribution is -2.43. The molecule has 0 bridgehead atoms. The Balaban J connectivity index is 1.86. The van der Waals surface area contributed by atoms with Gasteiger partial charge < -0.3 is 25.7 Å². The molecule has 1 fully saturated rings. The Bertz CT molecular complexity index is 1180. The summed E-state index contributed by atoms with van der Waals surface area (Å²) in [6, 6.07) is 12.1. The molecular formula is C22H23N3O4S. The number of phenols is 1. The third-order valence-electron chi connectivity index (χ3n) is 5.20. The number of para-hydroxylation sites is 1. The molecule has 2 aliphatic rings. The second-order valence-electron chi connectivity index (χ2n) is 7.03. The van der Waals surface area contributed by atoms with E-state index in [2.05, 4.69) is 28.6 Å². The van der Waals surface area contributed by atoms with Gasteiger partial charge in [0.1, 0.15) is 17.7 Å². The second kappa shape index (κ2) is 7.47. The van der Waals surface area contributed by atoms with Gasteiger partial charge in [0.2, 0.25) is 0 Å². The molecule has 30 heavy (non-hydrogen) atoms. The molecule has 4 rings (SSSR count). The number of hydrazine groups is 1. The van der Waals surface area contributed by atoms with E-state index >= 15 is 0 Å². The first-order valence-corrected chi connectivity index (χ1v) is 11.0. The summed E-state index contributed by atoms with van der Waals surface area (Å²) in [6.07, 6.45) is 2.81. The van der Waals surface area contributed by atoms with Crippen LogP contribution in [0.15, 0.2) is 71.4 Å². The molecule has 2 heterocycles. The zero-order valence-corrected chi connectivity index (χ0v) is 17.2. The van der Waals surface area contributed by atoms with Gasteiger partial charge in [-0.2, -0.15) is 0 Å². The van der Waals surface area contributed by atoms with E-state index in [1.807, 2.05) is 0 Å². The average molecular weight is 426 g/mol. The molecule has 1 saturated heterocycles. The number of rotatable bonds is 4. The highest BCUT2D eigenvalue weighted by molar-refractivity contribution is 8.01. The lowest BCUT2D eigenvalue weighted by molar-refractivity contribution is 0.373. The fourth-order valence-corrected chi connectivity index (χ4v) is 5.83. The molecule has 0 saturated carbocycles. The molecule has 0 radical (unpaired) electrons. The largest absolute Gasteiger partial charge is 0.507 e. The first-order chi connectivity index (χ1) is 14.3. The van der Waals surface area contributed by atoms with E-state index in [4.69, 9.17) is 4.74 Å². The third kappa shape index (κ3) is 3.20. The van der Waals surface area contributed by atoms with Gasteiger partial charge in [0.25, 0.3) is 0 Å². The monoisotopic (exact) mass is 425 g/mol. The van der Waals surface area contributed by atoms with Gasteiger partial charge in [-0.25, -0.2) is 5.43 Å². The van der Waals surface area contributed by atoms with Crippen LogP contribution in [-0.4, -0.2) is 38.8 Å². The summed E-state index contributed by atoms with van der Waals surface area (Å²) in [6.45, 7) is 3.81. The van der Waals surface area contributed by atoms with Crippen LogP contribution in [0.5, 0.6) is 11.5 Å². The number of hydrogen-bond acceptors (Lipinski definition) is 7. The van der Waals surface area contributed by atoms with E-state index in [9.17, 15) is 14.4 Å². The van der Waals surface area contributed by atoms with Gasteiger partial charge in [-0.1, -0.05) is 49.1 Å². The quantitative estimate of drug-likeness (QED) is 0.479. The van der Waals surface area contributed by atoms with Gasteiger partial charge in [0, 0.05) is 31.1 Å². The number of benzene rings is 2. The van der Waals surface area contributed by atoms with Crippen molar-refractivity contribution in [1.29, 1.82) is 0 Å². The lowest BCUT2D eigenvalue weighted by atomic mass is 10.0. The molecule has 0 aliphatic carbocycles. The van der Waals surface area contributed by atoms with Gasteiger partial charge in [-0.05, 0) is 18.0 Å². The van der Waals surface area contributed by atoms with Gasteiger partial charge in [0.05, 0.1) is 12.4 Å². The maximum absolute atomic E-state index is 13.9. The highest BCUT2D eigenvalue weighted by atomic mass is 32.2. The molecule has 7 nitrogen and oxygen atoms in total. The summed E-state index contributed by atoms with van der Waals surface area (Å²) < 4.78 is 19.0. The molecule has 5 N–H and O–H groups in total. The number of hydrogen-bond donors (Lipinski definition) is 5. The summed E-state index contributed by atoms with van der Waals surface area (Å²) in [5, 5.41) is 23.8. The van der Waals surface area contributed by atoms with E-state index < -0.39 is 20.9 Å². The molecule has 2 aromatic rings. The predicted molar refractivity (Wildman–Crippen MR) is 119 cm³/mol. The van der Waals surface area contributed by atoms with Crippen LogP contribution in [0.2, 0.25) is 0 Å².